The van der Waals surface area contributed by atoms with E-state index in [0.717, 1.165) is 25.8 Å². The Morgan fingerprint density at radius 1 is 1.57 bits per heavy atom. The number of nitrogens with one attached hydrogen (secondary N) is 1. The quantitative estimate of drug-likeness (QED) is 0.743. The Labute approximate surface area is 86.9 Å². The summed E-state index contributed by atoms with van der Waals surface area (Å²) in [6.45, 7) is 7.28. The molecule has 1 fully saturated rings. The number of amides is 1. The molecule has 1 saturated heterocycles. The molecule has 1 amide bonds. The van der Waals surface area contributed by atoms with Crippen molar-refractivity contribution in [1.82, 2.24) is 10.2 Å². The summed E-state index contributed by atoms with van der Waals surface area (Å²) in [7, 11) is 2.02. The van der Waals surface area contributed by atoms with Gasteiger partial charge in [-0.25, -0.2) is 0 Å². The lowest BCUT2D eigenvalue weighted by atomic mass is 10.0. The van der Waals surface area contributed by atoms with Crippen LogP contribution in [-0.2, 0) is 4.79 Å². The van der Waals surface area contributed by atoms with E-state index in [-0.39, 0.29) is 17.5 Å². The van der Waals surface area contributed by atoms with Gasteiger partial charge in [0.2, 0.25) is 5.91 Å². The van der Waals surface area contributed by atoms with Crippen LogP contribution in [0.3, 0.4) is 0 Å². The Kier molecular flexibility index (Phi) is 3.53. The molecular formula is C11H22N2O. The van der Waals surface area contributed by atoms with Crippen LogP contribution in [0, 0.1) is 0 Å². The molecule has 82 valence electrons. The second kappa shape index (κ2) is 4.30. The average Bonchev–Trinajstić information content (AvgIpc) is 2.51. The van der Waals surface area contributed by atoms with Gasteiger partial charge in [0, 0.05) is 5.54 Å². The standard InChI is InChI=1S/C11H22N2O/c1-5-11(2,3)12-10(14)9-7-6-8-13(9)4/h9H,5-8H2,1-4H3,(H,12,14). The van der Waals surface area contributed by atoms with Crippen LogP contribution in [-0.4, -0.2) is 36.0 Å². The highest BCUT2D eigenvalue weighted by atomic mass is 16.2. The number of likely N-dealkylation sites (tertiary alicyclic amines) is 1. The maximum absolute atomic E-state index is 11.9. The van der Waals surface area contributed by atoms with Crippen molar-refractivity contribution < 1.29 is 4.79 Å². The largest absolute Gasteiger partial charge is 0.350 e. The van der Waals surface area contributed by atoms with E-state index in [1.54, 1.807) is 0 Å². The fourth-order valence-electron chi connectivity index (χ4n) is 1.75. The third-order valence-corrected chi connectivity index (χ3v) is 3.17. The predicted octanol–water partition coefficient (Wildman–Crippen LogP) is 1.39. The van der Waals surface area contributed by atoms with E-state index in [4.69, 9.17) is 0 Å². The number of carbonyl (C=O) groups excluding carboxylic acids is 1. The minimum absolute atomic E-state index is 0.0689. The number of rotatable bonds is 3. The molecule has 0 aromatic rings. The smallest absolute Gasteiger partial charge is 0.237 e. The maximum atomic E-state index is 11.9. The van der Waals surface area contributed by atoms with Crippen LogP contribution in [0.25, 0.3) is 0 Å². The van der Waals surface area contributed by atoms with E-state index in [9.17, 15) is 4.79 Å². The first-order valence-electron chi connectivity index (χ1n) is 5.48. The first kappa shape index (κ1) is 11.5. The molecule has 0 spiro atoms. The molecule has 0 radical (unpaired) electrons. The maximum Gasteiger partial charge on any atom is 0.237 e. The molecule has 1 unspecified atom stereocenters. The van der Waals surface area contributed by atoms with Gasteiger partial charge in [0.05, 0.1) is 6.04 Å². The zero-order valence-electron chi connectivity index (χ0n) is 9.76. The number of hydrogen-bond donors (Lipinski definition) is 1. The molecule has 0 aromatic carbocycles. The van der Waals surface area contributed by atoms with Crippen molar-refractivity contribution in [2.24, 2.45) is 0 Å². The van der Waals surface area contributed by atoms with Crippen molar-refractivity contribution >= 4 is 5.91 Å². The molecule has 1 N–H and O–H groups in total. The fraction of sp³-hybridized carbons (Fsp3) is 0.909. The summed E-state index contributed by atoms with van der Waals surface area (Å²) in [6, 6.07) is 0.0980. The second-order valence-electron chi connectivity index (χ2n) is 4.87. The average molecular weight is 198 g/mol. The molecule has 3 heteroatoms. The van der Waals surface area contributed by atoms with E-state index in [2.05, 4.69) is 31.0 Å². The first-order valence-corrected chi connectivity index (χ1v) is 5.48. The zero-order valence-corrected chi connectivity index (χ0v) is 9.76. The summed E-state index contributed by atoms with van der Waals surface area (Å²) in [6.07, 6.45) is 3.11. The topological polar surface area (TPSA) is 32.3 Å². The van der Waals surface area contributed by atoms with Crippen molar-refractivity contribution in [3.63, 3.8) is 0 Å². The van der Waals surface area contributed by atoms with E-state index in [0.29, 0.717) is 0 Å². The van der Waals surface area contributed by atoms with Gasteiger partial charge in [-0.05, 0) is 46.7 Å². The lowest BCUT2D eigenvalue weighted by Gasteiger charge is -2.28. The summed E-state index contributed by atoms with van der Waals surface area (Å²) < 4.78 is 0. The highest BCUT2D eigenvalue weighted by molar-refractivity contribution is 5.82. The molecule has 14 heavy (non-hydrogen) atoms. The van der Waals surface area contributed by atoms with Gasteiger partial charge in [-0.1, -0.05) is 6.92 Å². The van der Waals surface area contributed by atoms with Gasteiger partial charge >= 0.3 is 0 Å². The highest BCUT2D eigenvalue weighted by Crippen LogP contribution is 2.16. The van der Waals surface area contributed by atoms with Crippen molar-refractivity contribution in [3.8, 4) is 0 Å². The second-order valence-corrected chi connectivity index (χ2v) is 4.87. The SMILES string of the molecule is CCC(C)(C)NC(=O)C1CCCN1C. The van der Waals surface area contributed by atoms with Crippen LogP contribution in [0.15, 0.2) is 0 Å². The normalized spacial score (nSPS) is 23.9. The molecule has 1 heterocycles. The third kappa shape index (κ3) is 2.71. The minimum atomic E-state index is -0.0689. The molecule has 0 aromatic heterocycles. The highest BCUT2D eigenvalue weighted by Gasteiger charge is 2.30. The first-order chi connectivity index (χ1) is 6.46. The van der Waals surface area contributed by atoms with E-state index < -0.39 is 0 Å². The summed E-state index contributed by atoms with van der Waals surface area (Å²) in [5.41, 5.74) is -0.0689. The Morgan fingerprint density at radius 3 is 2.64 bits per heavy atom. The Morgan fingerprint density at radius 2 is 2.21 bits per heavy atom. The predicted molar refractivity (Wildman–Crippen MR) is 58.2 cm³/mol. The van der Waals surface area contributed by atoms with Crippen LogP contribution in [0.1, 0.15) is 40.0 Å². The monoisotopic (exact) mass is 198 g/mol. The number of carbonyl (C=O) groups is 1. The lowest BCUT2D eigenvalue weighted by Crippen LogP contribution is -2.50. The van der Waals surface area contributed by atoms with Gasteiger partial charge in [0.15, 0.2) is 0 Å². The summed E-state index contributed by atoms with van der Waals surface area (Å²) in [5.74, 6) is 0.192. The van der Waals surface area contributed by atoms with Gasteiger partial charge in [-0.2, -0.15) is 0 Å². The third-order valence-electron chi connectivity index (χ3n) is 3.17. The summed E-state index contributed by atoms with van der Waals surface area (Å²) in [4.78, 5) is 14.0. The Hall–Kier alpha value is -0.570. The van der Waals surface area contributed by atoms with Crippen molar-refractivity contribution in [2.75, 3.05) is 13.6 Å². The molecule has 0 bridgehead atoms. The Bertz CT molecular complexity index is 213. The molecule has 3 nitrogen and oxygen atoms in total. The molecule has 1 aliphatic heterocycles. The van der Waals surface area contributed by atoms with Crippen LogP contribution in [0.2, 0.25) is 0 Å². The van der Waals surface area contributed by atoms with E-state index in [1.165, 1.54) is 0 Å². The number of nitrogens with zero attached hydrogens (tertiary/aromatic N) is 1. The lowest BCUT2D eigenvalue weighted by molar-refractivity contribution is -0.126. The van der Waals surface area contributed by atoms with E-state index >= 15 is 0 Å². The van der Waals surface area contributed by atoms with Crippen molar-refractivity contribution in [2.45, 2.75) is 51.6 Å². The fourth-order valence-corrected chi connectivity index (χ4v) is 1.75. The summed E-state index contributed by atoms with van der Waals surface area (Å²) in [5, 5.41) is 3.10. The molecular weight excluding hydrogens is 176 g/mol. The van der Waals surface area contributed by atoms with Crippen molar-refractivity contribution in [1.29, 1.82) is 0 Å². The molecule has 1 rings (SSSR count). The molecule has 1 aliphatic rings. The van der Waals surface area contributed by atoms with Crippen molar-refractivity contribution in [3.05, 3.63) is 0 Å². The van der Waals surface area contributed by atoms with Crippen LogP contribution in [0.5, 0.6) is 0 Å². The Balaban J connectivity index is 2.49. The van der Waals surface area contributed by atoms with Crippen LogP contribution < -0.4 is 5.32 Å². The zero-order chi connectivity index (χ0) is 10.8. The van der Waals surface area contributed by atoms with E-state index in [1.807, 2.05) is 7.05 Å². The molecule has 0 aliphatic carbocycles. The van der Waals surface area contributed by atoms with Crippen LogP contribution in [0.4, 0.5) is 0 Å². The van der Waals surface area contributed by atoms with Gasteiger partial charge in [-0.3, -0.25) is 9.69 Å². The van der Waals surface area contributed by atoms with Gasteiger partial charge in [0.25, 0.3) is 0 Å². The van der Waals surface area contributed by atoms with Gasteiger partial charge in [-0.15, -0.1) is 0 Å². The molecule has 0 saturated carbocycles. The number of hydrogen-bond acceptors (Lipinski definition) is 2. The summed E-state index contributed by atoms with van der Waals surface area (Å²) >= 11 is 0. The van der Waals surface area contributed by atoms with Crippen LogP contribution >= 0.6 is 0 Å². The molecule has 1 atom stereocenters. The van der Waals surface area contributed by atoms with Gasteiger partial charge < -0.3 is 5.32 Å². The number of likely N-dealkylation sites (N-methyl/N-ethyl adjacent to an activating group) is 1. The minimum Gasteiger partial charge on any atom is -0.350 e. The van der Waals surface area contributed by atoms with Gasteiger partial charge in [0.1, 0.15) is 0 Å².